The summed E-state index contributed by atoms with van der Waals surface area (Å²) in [6, 6.07) is -0.134. The van der Waals surface area contributed by atoms with Crippen LogP contribution in [0.1, 0.15) is 38.1 Å². The Morgan fingerprint density at radius 1 is 1.56 bits per heavy atom. The molecular weight excluding hydrogens is 410 g/mol. The second-order valence-electron chi connectivity index (χ2n) is 6.30. The molecule has 1 N–H and O–H groups in total. The first-order valence-corrected chi connectivity index (χ1v) is 9.85. The lowest BCUT2D eigenvalue weighted by Gasteiger charge is -2.23. The summed E-state index contributed by atoms with van der Waals surface area (Å²) in [4.78, 5) is 23.5. The summed E-state index contributed by atoms with van der Waals surface area (Å²) in [7, 11) is 1.82. The molecule has 2 aromatic heterocycles. The van der Waals surface area contributed by atoms with E-state index in [9.17, 15) is 4.79 Å². The second kappa shape index (κ2) is 8.56. The van der Waals surface area contributed by atoms with Crippen LogP contribution < -0.4 is 5.32 Å². The quantitative estimate of drug-likeness (QED) is 0.686. The third-order valence-electron chi connectivity index (χ3n) is 4.65. The van der Waals surface area contributed by atoms with Crippen molar-refractivity contribution in [2.45, 2.75) is 32.2 Å². The topological polar surface area (TPSA) is 71.8 Å². The normalized spacial score (nSPS) is 17.4. The van der Waals surface area contributed by atoms with Gasteiger partial charge < -0.3 is 10.1 Å². The van der Waals surface area contributed by atoms with Crippen LogP contribution in [0.2, 0.25) is 0 Å². The number of anilines is 1. The van der Waals surface area contributed by atoms with Crippen molar-refractivity contribution >= 4 is 33.4 Å². The molecule has 0 saturated carbocycles. The zero-order chi connectivity index (χ0) is 19.4. The molecule has 0 aliphatic carbocycles. The van der Waals surface area contributed by atoms with Crippen molar-refractivity contribution in [3.05, 3.63) is 47.1 Å². The molecule has 1 saturated heterocycles. The number of halogens is 1. The summed E-state index contributed by atoms with van der Waals surface area (Å²) in [5.41, 5.74) is 1.77. The number of hydrogen-bond donors (Lipinski definition) is 1. The van der Waals surface area contributed by atoms with Crippen LogP contribution in [-0.4, -0.2) is 45.6 Å². The lowest BCUT2D eigenvalue weighted by atomic mass is 10.2. The maximum absolute atomic E-state index is 12.7. The summed E-state index contributed by atoms with van der Waals surface area (Å²) in [6.07, 6.45) is 9.63. The number of likely N-dealkylation sites (tertiary alicyclic amines) is 1. The van der Waals surface area contributed by atoms with Crippen molar-refractivity contribution in [1.82, 2.24) is 19.3 Å². The van der Waals surface area contributed by atoms with E-state index in [1.165, 1.54) is 0 Å². The van der Waals surface area contributed by atoms with E-state index in [-0.39, 0.29) is 18.7 Å². The third kappa shape index (κ3) is 3.85. The molecule has 1 atom stereocenters. The summed E-state index contributed by atoms with van der Waals surface area (Å²) in [6.45, 7) is 6.70. The van der Waals surface area contributed by atoms with Crippen LogP contribution in [0.4, 0.5) is 10.6 Å². The monoisotopic (exact) mass is 433 g/mol. The Labute approximate surface area is 167 Å². The molecule has 1 unspecified atom stereocenters. The van der Waals surface area contributed by atoms with E-state index < -0.39 is 0 Å². The van der Waals surface area contributed by atoms with Crippen LogP contribution in [0.3, 0.4) is 0 Å². The lowest BCUT2D eigenvalue weighted by Crippen LogP contribution is -2.32. The lowest BCUT2D eigenvalue weighted by molar-refractivity contribution is 0.105. The van der Waals surface area contributed by atoms with Crippen LogP contribution in [0.25, 0.3) is 5.52 Å². The Morgan fingerprint density at radius 3 is 3.07 bits per heavy atom. The molecule has 0 bridgehead atoms. The number of allylic oxidation sites excluding steroid dienone is 1. The molecule has 144 valence electrons. The van der Waals surface area contributed by atoms with E-state index in [0.29, 0.717) is 11.1 Å². The number of nitrogens with zero attached hydrogens (tertiary/aromatic N) is 4. The van der Waals surface area contributed by atoms with Gasteiger partial charge >= 0.3 is 6.09 Å². The van der Waals surface area contributed by atoms with E-state index in [0.717, 1.165) is 42.0 Å². The molecule has 1 fully saturated rings. The van der Waals surface area contributed by atoms with E-state index >= 15 is 0 Å². The molecule has 0 radical (unpaired) electrons. The van der Waals surface area contributed by atoms with Gasteiger partial charge in [-0.15, -0.1) is 0 Å². The number of fused-ring (bicyclic) bond motifs is 1. The molecule has 1 amide bonds. The first kappa shape index (κ1) is 19.4. The van der Waals surface area contributed by atoms with Crippen molar-refractivity contribution in [2.75, 3.05) is 25.5 Å². The highest BCUT2D eigenvalue weighted by atomic mass is 79.9. The van der Waals surface area contributed by atoms with Crippen molar-refractivity contribution in [3.8, 4) is 0 Å². The van der Waals surface area contributed by atoms with E-state index in [4.69, 9.17) is 4.74 Å². The summed E-state index contributed by atoms with van der Waals surface area (Å²) >= 11 is 3.52. The maximum Gasteiger partial charge on any atom is 0.410 e. The standard InChI is InChI=1S/C19H24BrN5O2/c1-4-7-13(5-2)12-27-19(26)24-10-6-8-14(24)18-23-16(20)15-17(21-3)22-9-11-25(15)18/h5,7,9,11,14H,2,4,6,8,10,12H2,1,3H3,(H,21,22)/b13-7+. The van der Waals surface area contributed by atoms with Gasteiger partial charge in [0.2, 0.25) is 0 Å². The molecule has 3 rings (SSSR count). The Hall–Kier alpha value is -2.35. The Bertz CT molecular complexity index is 876. The number of aromatic nitrogens is 3. The van der Waals surface area contributed by atoms with Crippen LogP contribution in [-0.2, 0) is 4.74 Å². The highest BCUT2D eigenvalue weighted by molar-refractivity contribution is 9.10. The van der Waals surface area contributed by atoms with Gasteiger partial charge in [0.05, 0.1) is 6.04 Å². The molecular formula is C19H24BrN5O2. The number of rotatable bonds is 6. The Morgan fingerprint density at radius 2 is 2.37 bits per heavy atom. The molecule has 1 aliphatic heterocycles. The summed E-state index contributed by atoms with van der Waals surface area (Å²) in [5, 5.41) is 3.08. The molecule has 0 aromatic carbocycles. The van der Waals surface area contributed by atoms with Gasteiger partial charge in [-0.05, 0) is 40.8 Å². The first-order chi connectivity index (χ1) is 13.1. The van der Waals surface area contributed by atoms with Gasteiger partial charge in [0, 0.05) is 26.0 Å². The zero-order valence-electron chi connectivity index (χ0n) is 15.6. The molecule has 3 heterocycles. The molecule has 1 aliphatic rings. The number of carbonyl (C=O) groups is 1. The number of amides is 1. The predicted molar refractivity (Wildman–Crippen MR) is 109 cm³/mol. The first-order valence-electron chi connectivity index (χ1n) is 9.05. The van der Waals surface area contributed by atoms with E-state index in [1.807, 2.05) is 30.6 Å². The number of hydrogen-bond acceptors (Lipinski definition) is 5. The van der Waals surface area contributed by atoms with E-state index in [2.05, 4.69) is 37.8 Å². The minimum atomic E-state index is -0.322. The van der Waals surface area contributed by atoms with Crippen molar-refractivity contribution in [3.63, 3.8) is 0 Å². The Balaban J connectivity index is 1.85. The van der Waals surface area contributed by atoms with Gasteiger partial charge in [-0.1, -0.05) is 25.7 Å². The number of carbonyl (C=O) groups excluding carboxylic acids is 1. The predicted octanol–water partition coefficient (Wildman–Crippen LogP) is 4.33. The van der Waals surface area contributed by atoms with Crippen molar-refractivity contribution in [1.29, 1.82) is 0 Å². The number of nitrogens with one attached hydrogen (secondary N) is 1. The molecule has 0 spiro atoms. The largest absolute Gasteiger partial charge is 0.445 e. The smallest absolute Gasteiger partial charge is 0.410 e. The maximum atomic E-state index is 12.7. The van der Waals surface area contributed by atoms with Gasteiger partial charge in [0.25, 0.3) is 0 Å². The fraction of sp³-hybridized carbons (Fsp3) is 0.421. The minimum absolute atomic E-state index is 0.134. The van der Waals surface area contributed by atoms with Gasteiger partial charge in [0.1, 0.15) is 22.6 Å². The number of imidazole rings is 1. The fourth-order valence-electron chi connectivity index (χ4n) is 3.38. The fourth-order valence-corrected chi connectivity index (χ4v) is 3.94. The summed E-state index contributed by atoms with van der Waals surface area (Å²) in [5.74, 6) is 1.54. The highest BCUT2D eigenvalue weighted by Crippen LogP contribution is 2.35. The van der Waals surface area contributed by atoms with Crippen LogP contribution in [0, 0.1) is 0 Å². The van der Waals surface area contributed by atoms with Crippen molar-refractivity contribution < 1.29 is 9.53 Å². The average Bonchev–Trinajstić information content (AvgIpc) is 3.29. The summed E-state index contributed by atoms with van der Waals surface area (Å²) < 4.78 is 8.20. The SMILES string of the molecule is C=C/C(=C\CC)COC(=O)N1CCCC1c1nc(Br)c2c(NC)nccn12. The molecule has 2 aromatic rings. The van der Waals surface area contributed by atoms with E-state index in [1.54, 1.807) is 17.2 Å². The van der Waals surface area contributed by atoms with Crippen molar-refractivity contribution in [2.24, 2.45) is 0 Å². The number of ether oxygens (including phenoxy) is 1. The van der Waals surface area contributed by atoms with Gasteiger partial charge in [0.15, 0.2) is 5.82 Å². The highest BCUT2D eigenvalue weighted by Gasteiger charge is 2.34. The average molecular weight is 434 g/mol. The van der Waals surface area contributed by atoms with Gasteiger partial charge in [-0.2, -0.15) is 0 Å². The van der Waals surface area contributed by atoms with Crippen LogP contribution in [0.5, 0.6) is 0 Å². The van der Waals surface area contributed by atoms with Crippen LogP contribution in [0.15, 0.2) is 41.3 Å². The van der Waals surface area contributed by atoms with Gasteiger partial charge in [-0.3, -0.25) is 9.30 Å². The second-order valence-corrected chi connectivity index (χ2v) is 7.05. The zero-order valence-corrected chi connectivity index (χ0v) is 17.2. The van der Waals surface area contributed by atoms with Crippen LogP contribution >= 0.6 is 15.9 Å². The van der Waals surface area contributed by atoms with Gasteiger partial charge in [-0.25, -0.2) is 14.8 Å². The third-order valence-corrected chi connectivity index (χ3v) is 5.21. The molecule has 7 nitrogen and oxygen atoms in total. The minimum Gasteiger partial charge on any atom is -0.445 e. The molecule has 27 heavy (non-hydrogen) atoms. The Kier molecular flexibility index (Phi) is 6.15. The molecule has 8 heteroatoms.